The van der Waals surface area contributed by atoms with E-state index >= 15 is 0 Å². The minimum absolute atomic E-state index is 0.0766. The molecule has 152 valence electrons. The third-order valence-electron chi connectivity index (χ3n) is 4.61. The summed E-state index contributed by atoms with van der Waals surface area (Å²) in [4.78, 5) is 28.3. The number of rotatable bonds is 7. The fourth-order valence-electron chi connectivity index (χ4n) is 3.03. The van der Waals surface area contributed by atoms with E-state index in [9.17, 15) is 9.59 Å². The first-order valence-corrected chi connectivity index (χ1v) is 9.32. The zero-order valence-corrected chi connectivity index (χ0v) is 16.4. The van der Waals surface area contributed by atoms with Crippen molar-refractivity contribution >= 4 is 17.9 Å². The van der Waals surface area contributed by atoms with Crippen LogP contribution in [0.15, 0.2) is 59.9 Å². The van der Waals surface area contributed by atoms with Crippen molar-refractivity contribution in [3.8, 4) is 11.5 Å². The molecule has 3 rings (SSSR count). The second-order valence-corrected chi connectivity index (χ2v) is 6.47. The van der Waals surface area contributed by atoms with Crippen molar-refractivity contribution in [2.24, 2.45) is 0 Å². The third-order valence-corrected chi connectivity index (χ3v) is 4.61. The highest BCUT2D eigenvalue weighted by molar-refractivity contribution is 5.94. The summed E-state index contributed by atoms with van der Waals surface area (Å²) < 4.78 is 15.8. The minimum Gasteiger partial charge on any atom is -0.493 e. The van der Waals surface area contributed by atoms with E-state index in [1.54, 1.807) is 41.2 Å². The number of benzene rings is 1. The van der Waals surface area contributed by atoms with Crippen LogP contribution in [-0.4, -0.2) is 61.5 Å². The van der Waals surface area contributed by atoms with Crippen LogP contribution in [0.1, 0.15) is 15.9 Å². The van der Waals surface area contributed by atoms with Gasteiger partial charge >= 0.3 is 0 Å². The number of piperazine rings is 1. The first-order chi connectivity index (χ1) is 14.1. The van der Waals surface area contributed by atoms with E-state index in [0.29, 0.717) is 49.8 Å². The zero-order chi connectivity index (χ0) is 20.6. The van der Waals surface area contributed by atoms with Crippen molar-refractivity contribution in [2.45, 2.75) is 0 Å². The Morgan fingerprint density at radius 2 is 1.90 bits per heavy atom. The van der Waals surface area contributed by atoms with E-state index in [4.69, 9.17) is 13.9 Å². The molecule has 2 amide bonds. The molecular weight excluding hydrogens is 372 g/mol. The van der Waals surface area contributed by atoms with Crippen molar-refractivity contribution in [1.29, 1.82) is 0 Å². The van der Waals surface area contributed by atoms with Crippen molar-refractivity contribution in [3.05, 3.63) is 66.6 Å². The number of furan rings is 1. The van der Waals surface area contributed by atoms with Crippen molar-refractivity contribution in [1.82, 2.24) is 9.80 Å². The molecule has 1 saturated heterocycles. The number of nitrogens with zero attached hydrogens (tertiary/aromatic N) is 2. The molecule has 0 bridgehead atoms. The lowest BCUT2D eigenvalue weighted by Crippen LogP contribution is -2.50. The summed E-state index contributed by atoms with van der Waals surface area (Å²) in [6.45, 7) is 5.98. The lowest BCUT2D eigenvalue weighted by molar-refractivity contribution is -0.127. The topological polar surface area (TPSA) is 72.2 Å². The van der Waals surface area contributed by atoms with E-state index in [1.807, 2.05) is 12.1 Å². The van der Waals surface area contributed by atoms with Gasteiger partial charge in [-0.1, -0.05) is 18.7 Å². The molecule has 0 unspecified atom stereocenters. The minimum atomic E-state index is -0.0913. The SMILES string of the molecule is C=CCOc1ccc(/C=C/C(=O)N2CCN(C(=O)c3ccoc3)CC2)cc1OC. The molecule has 1 fully saturated rings. The van der Waals surface area contributed by atoms with Gasteiger partial charge in [0.25, 0.3) is 5.91 Å². The fourth-order valence-corrected chi connectivity index (χ4v) is 3.03. The van der Waals surface area contributed by atoms with Gasteiger partial charge in [-0.15, -0.1) is 0 Å². The summed E-state index contributed by atoms with van der Waals surface area (Å²) in [5.74, 6) is 1.04. The average Bonchev–Trinajstić information content (AvgIpc) is 3.30. The van der Waals surface area contributed by atoms with E-state index in [-0.39, 0.29) is 11.8 Å². The van der Waals surface area contributed by atoms with E-state index < -0.39 is 0 Å². The zero-order valence-electron chi connectivity index (χ0n) is 16.4. The fraction of sp³-hybridized carbons (Fsp3) is 0.273. The van der Waals surface area contributed by atoms with Crippen LogP contribution in [-0.2, 0) is 4.79 Å². The summed E-state index contributed by atoms with van der Waals surface area (Å²) in [6.07, 6.45) is 7.85. The monoisotopic (exact) mass is 396 g/mol. The molecule has 1 aliphatic heterocycles. The van der Waals surface area contributed by atoms with E-state index in [0.717, 1.165) is 5.56 Å². The predicted octanol–water partition coefficient (Wildman–Crippen LogP) is 2.85. The Bertz CT molecular complexity index is 881. The lowest BCUT2D eigenvalue weighted by atomic mass is 10.1. The van der Waals surface area contributed by atoms with Crippen LogP contribution >= 0.6 is 0 Å². The first-order valence-electron chi connectivity index (χ1n) is 9.32. The largest absolute Gasteiger partial charge is 0.493 e. The second kappa shape index (κ2) is 9.64. The van der Waals surface area contributed by atoms with Crippen molar-refractivity contribution < 1.29 is 23.5 Å². The number of carbonyl (C=O) groups is 2. The highest BCUT2D eigenvalue weighted by atomic mass is 16.5. The molecule has 2 heterocycles. The molecule has 0 aliphatic carbocycles. The van der Waals surface area contributed by atoms with Gasteiger partial charge in [0.05, 0.1) is 18.9 Å². The lowest BCUT2D eigenvalue weighted by Gasteiger charge is -2.34. The molecule has 0 atom stereocenters. The van der Waals surface area contributed by atoms with Gasteiger partial charge in [0, 0.05) is 32.3 Å². The molecule has 1 aliphatic rings. The molecule has 1 aromatic carbocycles. The van der Waals surface area contributed by atoms with E-state index in [2.05, 4.69) is 6.58 Å². The Morgan fingerprint density at radius 3 is 2.55 bits per heavy atom. The summed E-state index contributed by atoms with van der Waals surface area (Å²) in [6, 6.07) is 7.10. The smallest absolute Gasteiger partial charge is 0.257 e. The molecular formula is C22H24N2O5. The van der Waals surface area contributed by atoms with Crippen LogP contribution < -0.4 is 9.47 Å². The number of amides is 2. The standard InChI is InChI=1S/C22H24N2O5/c1-3-13-29-19-6-4-17(15-20(19)27-2)5-7-21(25)23-9-11-24(12-10-23)22(26)18-8-14-28-16-18/h3-8,14-16H,1,9-13H2,2H3/b7-5+. The predicted molar refractivity (Wildman–Crippen MR) is 109 cm³/mol. The number of hydrogen-bond donors (Lipinski definition) is 0. The van der Waals surface area contributed by atoms with Gasteiger partial charge in [0.15, 0.2) is 11.5 Å². The van der Waals surface area contributed by atoms with Crippen LogP contribution in [0.2, 0.25) is 0 Å². The Hall–Kier alpha value is -3.48. The maximum Gasteiger partial charge on any atom is 0.257 e. The van der Waals surface area contributed by atoms with Crippen molar-refractivity contribution in [3.63, 3.8) is 0 Å². The third kappa shape index (κ3) is 5.07. The molecule has 29 heavy (non-hydrogen) atoms. The van der Waals surface area contributed by atoms with Gasteiger partial charge in [-0.2, -0.15) is 0 Å². The van der Waals surface area contributed by atoms with Gasteiger partial charge in [-0.3, -0.25) is 9.59 Å². The van der Waals surface area contributed by atoms with Gasteiger partial charge in [-0.25, -0.2) is 0 Å². The molecule has 7 nitrogen and oxygen atoms in total. The van der Waals surface area contributed by atoms with E-state index in [1.165, 1.54) is 18.6 Å². The highest BCUT2D eigenvalue weighted by Crippen LogP contribution is 2.28. The van der Waals surface area contributed by atoms with Gasteiger partial charge in [0.2, 0.25) is 5.91 Å². The van der Waals surface area contributed by atoms with Gasteiger partial charge in [-0.05, 0) is 29.8 Å². The van der Waals surface area contributed by atoms with Crippen LogP contribution in [0, 0.1) is 0 Å². The molecule has 0 radical (unpaired) electrons. The summed E-state index contributed by atoms with van der Waals surface area (Å²) in [5, 5.41) is 0. The highest BCUT2D eigenvalue weighted by Gasteiger charge is 2.24. The molecule has 0 saturated carbocycles. The number of methoxy groups -OCH3 is 1. The van der Waals surface area contributed by atoms with Crippen molar-refractivity contribution in [2.75, 3.05) is 39.9 Å². The number of ether oxygens (including phenoxy) is 2. The quantitative estimate of drug-likeness (QED) is 0.532. The average molecular weight is 396 g/mol. The Kier molecular flexibility index (Phi) is 6.73. The molecule has 7 heteroatoms. The molecule has 1 aromatic heterocycles. The van der Waals surface area contributed by atoms with Crippen LogP contribution in [0.3, 0.4) is 0 Å². The maximum atomic E-state index is 12.5. The Labute approximate surface area is 169 Å². The summed E-state index contributed by atoms with van der Waals surface area (Å²) in [5.41, 5.74) is 1.36. The number of hydrogen-bond acceptors (Lipinski definition) is 5. The second-order valence-electron chi connectivity index (χ2n) is 6.47. The van der Waals surface area contributed by atoms with Gasteiger partial charge < -0.3 is 23.7 Å². The maximum absolute atomic E-state index is 12.5. The normalized spacial score (nSPS) is 14.1. The van der Waals surface area contributed by atoms with Crippen LogP contribution in [0.5, 0.6) is 11.5 Å². The number of carbonyl (C=O) groups excluding carboxylic acids is 2. The summed E-state index contributed by atoms with van der Waals surface area (Å²) >= 11 is 0. The molecule has 0 N–H and O–H groups in total. The first kappa shape index (κ1) is 20.3. The molecule has 0 spiro atoms. The van der Waals surface area contributed by atoms with Crippen LogP contribution in [0.25, 0.3) is 6.08 Å². The van der Waals surface area contributed by atoms with Crippen LogP contribution in [0.4, 0.5) is 0 Å². The van der Waals surface area contributed by atoms with Gasteiger partial charge in [0.1, 0.15) is 12.9 Å². The Balaban J connectivity index is 1.56. The summed E-state index contributed by atoms with van der Waals surface area (Å²) in [7, 11) is 1.57. The molecule has 2 aromatic rings. The Morgan fingerprint density at radius 1 is 1.14 bits per heavy atom.